The molecule has 0 aliphatic carbocycles. The van der Waals surface area contributed by atoms with Gasteiger partial charge in [-0.3, -0.25) is 4.31 Å². The molecular formula is C17H16N2O2S. The number of nitrogens with zero attached hydrogens (tertiary/aromatic N) is 1. The molecule has 112 valence electrons. The van der Waals surface area contributed by atoms with Crippen molar-refractivity contribution in [3.05, 3.63) is 66.7 Å². The van der Waals surface area contributed by atoms with Gasteiger partial charge in [-0.2, -0.15) is 0 Å². The number of hydrogen-bond donors (Lipinski definition) is 1. The van der Waals surface area contributed by atoms with Crippen LogP contribution in [-0.2, 0) is 10.0 Å². The minimum atomic E-state index is -3.66. The topological polar surface area (TPSA) is 63.4 Å². The van der Waals surface area contributed by atoms with Gasteiger partial charge >= 0.3 is 0 Å². The van der Waals surface area contributed by atoms with E-state index >= 15 is 0 Å². The lowest BCUT2D eigenvalue weighted by molar-refractivity contribution is 0.595. The van der Waals surface area contributed by atoms with Gasteiger partial charge in [0.2, 0.25) is 0 Å². The maximum Gasteiger partial charge on any atom is 0.264 e. The number of fused-ring (bicyclic) bond motifs is 1. The third-order valence-electron chi connectivity index (χ3n) is 3.67. The second-order valence-corrected chi connectivity index (χ2v) is 6.94. The Morgan fingerprint density at radius 1 is 0.818 bits per heavy atom. The molecule has 0 unspecified atom stereocenters. The lowest BCUT2D eigenvalue weighted by atomic mass is 10.1. The van der Waals surface area contributed by atoms with Crippen molar-refractivity contribution in [1.29, 1.82) is 0 Å². The Hall–Kier alpha value is -2.53. The summed E-state index contributed by atoms with van der Waals surface area (Å²) in [6, 6.07) is 19.4. The molecule has 4 nitrogen and oxygen atoms in total. The average Bonchev–Trinajstić information content (AvgIpc) is 2.55. The molecule has 0 heterocycles. The molecule has 0 fully saturated rings. The summed E-state index contributed by atoms with van der Waals surface area (Å²) >= 11 is 0. The summed E-state index contributed by atoms with van der Waals surface area (Å²) in [5.41, 5.74) is 7.13. The predicted molar refractivity (Wildman–Crippen MR) is 90.4 cm³/mol. The molecule has 3 aromatic rings. The van der Waals surface area contributed by atoms with Crippen molar-refractivity contribution in [3.63, 3.8) is 0 Å². The minimum absolute atomic E-state index is 0.253. The molecule has 5 heteroatoms. The van der Waals surface area contributed by atoms with Gasteiger partial charge in [-0.15, -0.1) is 0 Å². The van der Waals surface area contributed by atoms with Crippen LogP contribution in [0.5, 0.6) is 0 Å². The first-order chi connectivity index (χ1) is 10.5. The van der Waals surface area contributed by atoms with Crippen LogP contribution < -0.4 is 10.0 Å². The van der Waals surface area contributed by atoms with E-state index in [1.165, 1.54) is 4.31 Å². The van der Waals surface area contributed by atoms with Crippen LogP contribution in [0.15, 0.2) is 71.6 Å². The number of anilines is 2. The molecule has 0 saturated carbocycles. The fourth-order valence-electron chi connectivity index (χ4n) is 2.45. The summed E-state index contributed by atoms with van der Waals surface area (Å²) in [7, 11) is -2.11. The van der Waals surface area contributed by atoms with Crippen molar-refractivity contribution in [3.8, 4) is 0 Å². The molecule has 0 radical (unpaired) electrons. The van der Waals surface area contributed by atoms with Crippen LogP contribution in [0.25, 0.3) is 10.8 Å². The van der Waals surface area contributed by atoms with Crippen molar-refractivity contribution < 1.29 is 8.42 Å². The standard InChI is InChI=1S/C17H16N2O2S/c1-19(13-7-3-2-4-8-13)22(20,21)17-12-6-9-14-15(17)10-5-11-16(14)18/h2-12H,18H2,1H3. The van der Waals surface area contributed by atoms with E-state index in [9.17, 15) is 8.42 Å². The Kier molecular flexibility index (Phi) is 3.50. The minimum Gasteiger partial charge on any atom is -0.398 e. The molecule has 0 aliphatic rings. The second kappa shape index (κ2) is 5.35. The second-order valence-electron chi connectivity index (χ2n) is 5.01. The molecule has 3 aromatic carbocycles. The highest BCUT2D eigenvalue weighted by molar-refractivity contribution is 7.93. The molecule has 0 aromatic heterocycles. The summed E-state index contributed by atoms with van der Waals surface area (Å²) in [6.07, 6.45) is 0. The van der Waals surface area contributed by atoms with E-state index < -0.39 is 10.0 Å². The molecule has 0 amide bonds. The highest BCUT2D eigenvalue weighted by Gasteiger charge is 2.23. The van der Waals surface area contributed by atoms with Crippen LogP contribution in [0.2, 0.25) is 0 Å². The third-order valence-corrected chi connectivity index (χ3v) is 5.52. The lowest BCUT2D eigenvalue weighted by Gasteiger charge is -2.20. The van der Waals surface area contributed by atoms with Crippen molar-refractivity contribution in [2.75, 3.05) is 17.1 Å². The summed E-state index contributed by atoms with van der Waals surface area (Å²) in [4.78, 5) is 0.253. The van der Waals surface area contributed by atoms with Gasteiger partial charge in [0, 0.05) is 23.5 Å². The van der Waals surface area contributed by atoms with Crippen molar-refractivity contribution in [2.24, 2.45) is 0 Å². The molecule has 22 heavy (non-hydrogen) atoms. The highest BCUT2D eigenvalue weighted by Crippen LogP contribution is 2.30. The van der Waals surface area contributed by atoms with Gasteiger partial charge in [0.25, 0.3) is 10.0 Å². The Bertz CT molecular complexity index is 922. The first-order valence-corrected chi connectivity index (χ1v) is 8.27. The Morgan fingerprint density at radius 3 is 2.18 bits per heavy atom. The van der Waals surface area contributed by atoms with Crippen LogP contribution in [0, 0.1) is 0 Å². The highest BCUT2D eigenvalue weighted by atomic mass is 32.2. The number of nitrogen functional groups attached to an aromatic ring is 1. The molecule has 0 aliphatic heterocycles. The first kappa shape index (κ1) is 14.4. The molecular weight excluding hydrogens is 296 g/mol. The largest absolute Gasteiger partial charge is 0.398 e. The number of hydrogen-bond acceptors (Lipinski definition) is 3. The van der Waals surface area contributed by atoms with Crippen molar-refractivity contribution in [2.45, 2.75) is 4.90 Å². The van der Waals surface area contributed by atoms with E-state index in [0.29, 0.717) is 16.8 Å². The predicted octanol–water partition coefficient (Wildman–Crippen LogP) is 3.25. The van der Waals surface area contributed by atoms with Gasteiger partial charge in [0.15, 0.2) is 0 Å². The first-order valence-electron chi connectivity index (χ1n) is 6.83. The summed E-state index contributed by atoms with van der Waals surface area (Å²) in [6.45, 7) is 0. The Labute approximate surface area is 129 Å². The van der Waals surface area contributed by atoms with Crippen LogP contribution in [0.1, 0.15) is 0 Å². The van der Waals surface area contributed by atoms with Crippen LogP contribution in [0.4, 0.5) is 11.4 Å². The Morgan fingerprint density at radius 2 is 1.45 bits per heavy atom. The van der Waals surface area contributed by atoms with Gasteiger partial charge in [0.1, 0.15) is 0 Å². The van der Waals surface area contributed by atoms with E-state index in [1.807, 2.05) is 24.3 Å². The zero-order chi connectivity index (χ0) is 15.7. The summed E-state index contributed by atoms with van der Waals surface area (Å²) in [5, 5.41) is 1.37. The number of para-hydroxylation sites is 1. The molecule has 2 N–H and O–H groups in total. The fraction of sp³-hybridized carbons (Fsp3) is 0.0588. The molecule has 3 rings (SSSR count). The lowest BCUT2D eigenvalue weighted by Crippen LogP contribution is -2.26. The molecule has 0 bridgehead atoms. The average molecular weight is 312 g/mol. The van der Waals surface area contributed by atoms with Crippen LogP contribution in [-0.4, -0.2) is 15.5 Å². The van der Waals surface area contributed by atoms with Gasteiger partial charge in [0.05, 0.1) is 10.6 Å². The SMILES string of the molecule is CN(c1ccccc1)S(=O)(=O)c1cccc2c(N)cccc12. The molecule has 0 spiro atoms. The van der Waals surface area contributed by atoms with E-state index in [4.69, 9.17) is 5.73 Å². The quantitative estimate of drug-likeness (QED) is 0.755. The Balaban J connectivity index is 2.20. The van der Waals surface area contributed by atoms with E-state index in [1.54, 1.807) is 49.5 Å². The summed E-state index contributed by atoms with van der Waals surface area (Å²) in [5.74, 6) is 0. The van der Waals surface area contributed by atoms with Gasteiger partial charge in [-0.1, -0.05) is 42.5 Å². The van der Waals surface area contributed by atoms with E-state index in [2.05, 4.69) is 0 Å². The van der Waals surface area contributed by atoms with Crippen molar-refractivity contribution >= 4 is 32.2 Å². The zero-order valence-electron chi connectivity index (χ0n) is 12.1. The smallest absolute Gasteiger partial charge is 0.264 e. The van der Waals surface area contributed by atoms with E-state index in [0.717, 1.165) is 5.39 Å². The van der Waals surface area contributed by atoms with Crippen LogP contribution >= 0.6 is 0 Å². The molecule has 0 saturated heterocycles. The van der Waals surface area contributed by atoms with Gasteiger partial charge < -0.3 is 5.73 Å². The monoisotopic (exact) mass is 312 g/mol. The number of sulfonamides is 1. The van der Waals surface area contributed by atoms with E-state index in [-0.39, 0.29) is 4.90 Å². The number of nitrogens with two attached hydrogens (primary N) is 1. The number of benzene rings is 3. The maximum absolute atomic E-state index is 12.9. The van der Waals surface area contributed by atoms with Gasteiger partial charge in [-0.05, 0) is 24.3 Å². The fourth-order valence-corrected chi connectivity index (χ4v) is 3.86. The normalized spacial score (nSPS) is 11.5. The van der Waals surface area contributed by atoms with Gasteiger partial charge in [-0.25, -0.2) is 8.42 Å². The number of rotatable bonds is 3. The zero-order valence-corrected chi connectivity index (χ0v) is 12.9. The maximum atomic E-state index is 12.9. The van der Waals surface area contributed by atoms with Crippen molar-refractivity contribution in [1.82, 2.24) is 0 Å². The molecule has 0 atom stereocenters. The summed E-state index contributed by atoms with van der Waals surface area (Å²) < 4.78 is 27.2. The third kappa shape index (κ3) is 2.29. The van der Waals surface area contributed by atoms with Crippen LogP contribution in [0.3, 0.4) is 0 Å².